The maximum Gasteiger partial charge on any atom is 0.318 e. The van der Waals surface area contributed by atoms with Gasteiger partial charge in [0.05, 0.1) is 12.5 Å². The number of aromatic hydroxyl groups is 1. The number of fused-ring (bicyclic) bond motifs is 2. The number of pyridine rings is 1. The number of methoxy groups -OCH3 is 1. The molecule has 0 radical (unpaired) electrons. The van der Waals surface area contributed by atoms with Gasteiger partial charge in [0.1, 0.15) is 28.6 Å². The Bertz CT molecular complexity index is 1280. The number of phenols is 1. The summed E-state index contributed by atoms with van der Waals surface area (Å²) in [4.78, 5) is 12.7. The number of hydrogen-bond donors (Lipinski definition) is 2. The molecular weight excluding hydrogens is 390 g/mol. The normalized spacial score (nSPS) is 11.2. The molecule has 0 aliphatic rings. The Kier molecular flexibility index (Phi) is 5.07. The first-order chi connectivity index (χ1) is 14.5. The van der Waals surface area contributed by atoms with Gasteiger partial charge in [-0.15, -0.1) is 0 Å². The summed E-state index contributed by atoms with van der Waals surface area (Å²) in [5.41, 5.74) is 0.710. The molecule has 0 saturated carbocycles. The van der Waals surface area contributed by atoms with Crippen molar-refractivity contribution < 1.29 is 18.6 Å². The van der Waals surface area contributed by atoms with Gasteiger partial charge in [-0.25, -0.2) is 8.78 Å². The van der Waals surface area contributed by atoms with Crippen LogP contribution in [0.4, 0.5) is 14.6 Å². The molecule has 30 heavy (non-hydrogen) atoms. The zero-order chi connectivity index (χ0) is 21.4. The highest BCUT2D eigenvalue weighted by atomic mass is 19.1. The van der Waals surface area contributed by atoms with Gasteiger partial charge in [0.2, 0.25) is 0 Å². The van der Waals surface area contributed by atoms with Crippen LogP contribution in [0.1, 0.15) is 19.4 Å². The van der Waals surface area contributed by atoms with Gasteiger partial charge in [-0.05, 0) is 47.9 Å². The minimum atomic E-state index is -0.703. The third-order valence-corrected chi connectivity index (χ3v) is 4.95. The van der Waals surface area contributed by atoms with Crippen molar-refractivity contribution >= 4 is 27.5 Å². The van der Waals surface area contributed by atoms with E-state index in [0.29, 0.717) is 46.1 Å². The number of phenolic OH excluding ortho intramolecular Hbond substituents is 1. The number of aromatic nitrogens is 3. The first-order valence-electron chi connectivity index (χ1n) is 9.57. The summed E-state index contributed by atoms with van der Waals surface area (Å²) in [5, 5.41) is 14.8. The van der Waals surface area contributed by atoms with E-state index in [-0.39, 0.29) is 23.0 Å². The summed E-state index contributed by atoms with van der Waals surface area (Å²) in [7, 11) is 1.40. The lowest BCUT2D eigenvalue weighted by Gasteiger charge is -2.14. The van der Waals surface area contributed by atoms with Crippen molar-refractivity contribution in [2.24, 2.45) is 0 Å². The van der Waals surface area contributed by atoms with Crippen LogP contribution in [-0.2, 0) is 6.42 Å². The minimum absolute atomic E-state index is 0.00978. The number of rotatable bonds is 5. The van der Waals surface area contributed by atoms with E-state index in [4.69, 9.17) is 4.74 Å². The molecule has 0 spiro atoms. The van der Waals surface area contributed by atoms with Gasteiger partial charge in [-0.3, -0.25) is 4.98 Å². The Morgan fingerprint density at radius 1 is 1.13 bits per heavy atom. The SMILES string of the molecule is CCNc1nc(OC)nc2c(F)c(-c3cc(O)cc4ccc(F)c(CC)c34)ncc12. The smallest absolute Gasteiger partial charge is 0.318 e. The summed E-state index contributed by atoms with van der Waals surface area (Å²) in [6.07, 6.45) is 1.86. The van der Waals surface area contributed by atoms with Crippen molar-refractivity contribution in [1.82, 2.24) is 15.0 Å². The average Bonchev–Trinajstić information content (AvgIpc) is 2.74. The highest BCUT2D eigenvalue weighted by molar-refractivity contribution is 6.01. The van der Waals surface area contributed by atoms with E-state index in [9.17, 15) is 9.50 Å². The van der Waals surface area contributed by atoms with E-state index in [2.05, 4.69) is 20.3 Å². The van der Waals surface area contributed by atoms with E-state index in [1.165, 1.54) is 31.5 Å². The van der Waals surface area contributed by atoms with Gasteiger partial charge >= 0.3 is 6.01 Å². The molecule has 0 atom stereocenters. The molecule has 0 aliphatic heterocycles. The molecule has 2 heterocycles. The molecule has 0 unspecified atom stereocenters. The zero-order valence-corrected chi connectivity index (χ0v) is 16.8. The van der Waals surface area contributed by atoms with Gasteiger partial charge in [0.15, 0.2) is 5.82 Å². The van der Waals surface area contributed by atoms with Crippen LogP contribution in [0.15, 0.2) is 30.5 Å². The second-order valence-corrected chi connectivity index (χ2v) is 6.74. The third kappa shape index (κ3) is 3.14. The summed E-state index contributed by atoms with van der Waals surface area (Å²) in [6, 6.07) is 5.82. The average molecular weight is 410 g/mol. The maximum atomic E-state index is 15.7. The molecule has 4 rings (SSSR count). The highest BCUT2D eigenvalue weighted by Gasteiger charge is 2.21. The van der Waals surface area contributed by atoms with Crippen LogP contribution >= 0.6 is 0 Å². The van der Waals surface area contributed by atoms with Gasteiger partial charge in [0.25, 0.3) is 0 Å². The molecule has 8 heteroatoms. The number of aryl methyl sites for hydroxylation is 1. The first kappa shape index (κ1) is 19.8. The predicted molar refractivity (Wildman–Crippen MR) is 112 cm³/mol. The van der Waals surface area contributed by atoms with Crippen LogP contribution in [0.2, 0.25) is 0 Å². The van der Waals surface area contributed by atoms with Crippen LogP contribution in [0.25, 0.3) is 32.9 Å². The van der Waals surface area contributed by atoms with E-state index >= 15 is 4.39 Å². The second-order valence-electron chi connectivity index (χ2n) is 6.74. The largest absolute Gasteiger partial charge is 0.508 e. The number of ether oxygens (including phenoxy) is 1. The summed E-state index contributed by atoms with van der Waals surface area (Å²) in [5.74, 6) is -0.762. The summed E-state index contributed by atoms with van der Waals surface area (Å²) in [6.45, 7) is 4.27. The summed E-state index contributed by atoms with van der Waals surface area (Å²) < 4.78 is 35.3. The second kappa shape index (κ2) is 7.70. The molecule has 2 N–H and O–H groups in total. The molecule has 0 fully saturated rings. The van der Waals surface area contributed by atoms with Crippen molar-refractivity contribution in [2.75, 3.05) is 19.0 Å². The van der Waals surface area contributed by atoms with Crippen LogP contribution in [0, 0.1) is 11.6 Å². The molecule has 0 amide bonds. The fraction of sp³-hybridized carbons (Fsp3) is 0.227. The van der Waals surface area contributed by atoms with Gasteiger partial charge in [-0.1, -0.05) is 13.0 Å². The van der Waals surface area contributed by atoms with Crippen LogP contribution < -0.4 is 10.1 Å². The van der Waals surface area contributed by atoms with Gasteiger partial charge < -0.3 is 15.2 Å². The first-order valence-corrected chi connectivity index (χ1v) is 9.57. The van der Waals surface area contributed by atoms with E-state index < -0.39 is 11.6 Å². The lowest BCUT2D eigenvalue weighted by molar-refractivity contribution is 0.382. The standard InChI is InChI=1S/C22H20F2N4O2/c1-4-13-16(23)7-6-11-8-12(29)9-14(17(11)13)19-18(24)20-15(10-26-19)21(25-5-2)28-22(27-20)30-3/h6-10,29H,4-5H2,1-3H3,(H,25,27,28). The molecule has 154 valence electrons. The Hall–Kier alpha value is -3.55. The zero-order valence-electron chi connectivity index (χ0n) is 16.8. The lowest BCUT2D eigenvalue weighted by Crippen LogP contribution is -2.05. The van der Waals surface area contributed by atoms with Crippen molar-refractivity contribution in [3.05, 3.63) is 47.7 Å². The summed E-state index contributed by atoms with van der Waals surface area (Å²) >= 11 is 0. The van der Waals surface area contributed by atoms with E-state index in [0.717, 1.165) is 0 Å². The van der Waals surface area contributed by atoms with E-state index in [1.807, 2.05) is 13.8 Å². The Balaban J connectivity index is 2.08. The van der Waals surface area contributed by atoms with Crippen LogP contribution in [0.3, 0.4) is 0 Å². The number of anilines is 1. The molecule has 0 aliphatic carbocycles. The highest BCUT2D eigenvalue weighted by Crippen LogP contribution is 2.38. The number of hydrogen-bond acceptors (Lipinski definition) is 6. The lowest BCUT2D eigenvalue weighted by atomic mass is 9.94. The van der Waals surface area contributed by atoms with E-state index in [1.54, 1.807) is 6.07 Å². The molecule has 0 saturated heterocycles. The fourth-order valence-electron chi connectivity index (χ4n) is 3.65. The number of halogens is 2. The van der Waals surface area contributed by atoms with Crippen LogP contribution in [-0.4, -0.2) is 33.7 Å². The molecule has 2 aromatic heterocycles. The Morgan fingerprint density at radius 2 is 1.93 bits per heavy atom. The molecule has 2 aromatic carbocycles. The maximum absolute atomic E-state index is 15.7. The Labute approximate surface area is 171 Å². The predicted octanol–water partition coefficient (Wildman–Crippen LogP) is 4.83. The Morgan fingerprint density at radius 3 is 2.63 bits per heavy atom. The van der Waals surface area contributed by atoms with Crippen molar-refractivity contribution in [3.63, 3.8) is 0 Å². The fourth-order valence-corrected chi connectivity index (χ4v) is 3.65. The van der Waals surface area contributed by atoms with Crippen molar-refractivity contribution in [2.45, 2.75) is 20.3 Å². The van der Waals surface area contributed by atoms with Gasteiger partial charge in [-0.2, -0.15) is 9.97 Å². The molecular formula is C22H20F2N4O2. The topological polar surface area (TPSA) is 80.2 Å². The minimum Gasteiger partial charge on any atom is -0.508 e. The van der Waals surface area contributed by atoms with Crippen LogP contribution in [0.5, 0.6) is 11.8 Å². The number of nitrogens with zero attached hydrogens (tertiary/aromatic N) is 3. The quantitative estimate of drug-likeness (QED) is 0.491. The van der Waals surface area contributed by atoms with Gasteiger partial charge in [0, 0.05) is 18.3 Å². The third-order valence-electron chi connectivity index (χ3n) is 4.95. The van der Waals surface area contributed by atoms with Crippen molar-refractivity contribution in [3.8, 4) is 23.0 Å². The number of nitrogens with one attached hydrogen (secondary N) is 1. The van der Waals surface area contributed by atoms with Crippen molar-refractivity contribution in [1.29, 1.82) is 0 Å². The molecule has 6 nitrogen and oxygen atoms in total. The molecule has 4 aromatic rings. The number of benzene rings is 2. The molecule has 0 bridgehead atoms. The monoisotopic (exact) mass is 410 g/mol.